The summed E-state index contributed by atoms with van der Waals surface area (Å²) in [6.07, 6.45) is 0.874. The summed E-state index contributed by atoms with van der Waals surface area (Å²) in [4.78, 5) is 18.0. The fourth-order valence-electron chi connectivity index (χ4n) is 3.01. The maximum absolute atomic E-state index is 12.0. The lowest BCUT2D eigenvalue weighted by Gasteiger charge is -2.40. The van der Waals surface area contributed by atoms with Crippen molar-refractivity contribution in [3.05, 3.63) is 35.9 Å². The molecular formula is C19H28N4O2. The van der Waals surface area contributed by atoms with Gasteiger partial charge in [-0.2, -0.15) is 0 Å². The molecule has 1 amide bonds. The molecule has 2 atom stereocenters. The van der Waals surface area contributed by atoms with Crippen molar-refractivity contribution in [2.75, 3.05) is 20.1 Å². The molecule has 0 bridgehead atoms. The number of amides is 1. The molecule has 1 saturated carbocycles. The van der Waals surface area contributed by atoms with Crippen LogP contribution in [0.5, 0.6) is 0 Å². The lowest BCUT2D eigenvalue weighted by molar-refractivity contribution is 0.00700. The number of carbonyl (C=O) groups excluding carboxylic acids is 1. The molecule has 1 saturated heterocycles. The number of rotatable bonds is 3. The molecule has 1 aromatic carbocycles. The third-order valence-electron chi connectivity index (χ3n) is 4.44. The van der Waals surface area contributed by atoms with E-state index in [0.717, 1.165) is 12.4 Å². The number of carbonyl (C=O) groups is 1. The molecule has 1 aliphatic carbocycles. The van der Waals surface area contributed by atoms with Gasteiger partial charge in [-0.15, -0.1) is 0 Å². The van der Waals surface area contributed by atoms with Crippen LogP contribution in [-0.2, 0) is 4.74 Å². The van der Waals surface area contributed by atoms with Crippen LogP contribution in [0.1, 0.15) is 38.7 Å². The van der Waals surface area contributed by atoms with Crippen LogP contribution < -0.4 is 10.6 Å². The van der Waals surface area contributed by atoms with Gasteiger partial charge in [-0.25, -0.2) is 4.79 Å². The standard InChI is InChI=1S/C19H28N4O2/c1-19(2,3)25-18(24)23-11-14(12-23)21-17(20-4)22-16-10-15(16)13-8-6-5-7-9-13/h5-9,14-16H,10-12H2,1-4H3,(H2,20,21,22). The molecule has 0 radical (unpaired) electrons. The van der Waals surface area contributed by atoms with E-state index in [9.17, 15) is 4.79 Å². The smallest absolute Gasteiger partial charge is 0.410 e. The van der Waals surface area contributed by atoms with Crippen LogP contribution in [0.2, 0.25) is 0 Å². The molecule has 3 rings (SSSR count). The zero-order valence-electron chi connectivity index (χ0n) is 15.5. The summed E-state index contributed by atoms with van der Waals surface area (Å²) in [5, 5.41) is 6.86. The van der Waals surface area contributed by atoms with Crippen LogP contribution in [0, 0.1) is 0 Å². The summed E-state index contributed by atoms with van der Waals surface area (Å²) >= 11 is 0. The van der Waals surface area contributed by atoms with Gasteiger partial charge < -0.3 is 20.3 Å². The van der Waals surface area contributed by atoms with Crippen molar-refractivity contribution in [1.82, 2.24) is 15.5 Å². The lowest BCUT2D eigenvalue weighted by Crippen LogP contribution is -2.63. The summed E-state index contributed by atoms with van der Waals surface area (Å²) in [6, 6.07) is 11.2. The number of hydrogen-bond acceptors (Lipinski definition) is 3. The summed E-state index contributed by atoms with van der Waals surface area (Å²) in [5.74, 6) is 1.36. The number of nitrogens with zero attached hydrogens (tertiary/aromatic N) is 2. The molecule has 0 spiro atoms. The Morgan fingerprint density at radius 2 is 1.88 bits per heavy atom. The Bertz CT molecular complexity index is 633. The van der Waals surface area contributed by atoms with Crippen LogP contribution >= 0.6 is 0 Å². The van der Waals surface area contributed by atoms with Crippen molar-refractivity contribution in [3.8, 4) is 0 Å². The van der Waals surface area contributed by atoms with Crippen molar-refractivity contribution >= 4 is 12.1 Å². The Balaban J connectivity index is 1.41. The monoisotopic (exact) mass is 344 g/mol. The lowest BCUT2D eigenvalue weighted by atomic mass is 10.1. The van der Waals surface area contributed by atoms with Crippen LogP contribution in [-0.4, -0.2) is 54.8 Å². The molecule has 0 aromatic heterocycles. The van der Waals surface area contributed by atoms with E-state index in [4.69, 9.17) is 4.74 Å². The zero-order valence-corrected chi connectivity index (χ0v) is 15.5. The number of guanidine groups is 1. The van der Waals surface area contributed by atoms with E-state index < -0.39 is 5.60 Å². The summed E-state index contributed by atoms with van der Waals surface area (Å²) in [7, 11) is 1.78. The summed E-state index contributed by atoms with van der Waals surface area (Å²) in [6.45, 7) is 6.92. The van der Waals surface area contributed by atoms with E-state index in [-0.39, 0.29) is 12.1 Å². The molecule has 136 valence electrons. The van der Waals surface area contributed by atoms with E-state index in [1.54, 1.807) is 11.9 Å². The van der Waals surface area contributed by atoms with Crippen LogP contribution in [0.15, 0.2) is 35.3 Å². The average molecular weight is 344 g/mol. The first-order chi connectivity index (χ1) is 11.9. The normalized spacial score (nSPS) is 23.7. The fourth-order valence-corrected chi connectivity index (χ4v) is 3.01. The predicted molar refractivity (Wildman–Crippen MR) is 98.8 cm³/mol. The highest BCUT2D eigenvalue weighted by Crippen LogP contribution is 2.40. The Labute approximate surface area is 149 Å². The topological polar surface area (TPSA) is 66.0 Å². The second kappa shape index (κ2) is 6.94. The second-order valence-electron chi connectivity index (χ2n) is 7.80. The highest BCUT2D eigenvalue weighted by atomic mass is 16.6. The predicted octanol–water partition coefficient (Wildman–Crippen LogP) is 2.33. The largest absolute Gasteiger partial charge is 0.444 e. The van der Waals surface area contributed by atoms with Gasteiger partial charge in [0.05, 0.1) is 6.04 Å². The highest BCUT2D eigenvalue weighted by Gasteiger charge is 2.40. The number of hydrogen-bond donors (Lipinski definition) is 2. The van der Waals surface area contributed by atoms with Gasteiger partial charge in [0, 0.05) is 32.1 Å². The third-order valence-corrected chi connectivity index (χ3v) is 4.44. The number of benzene rings is 1. The van der Waals surface area contributed by atoms with Gasteiger partial charge in [-0.3, -0.25) is 4.99 Å². The van der Waals surface area contributed by atoms with Gasteiger partial charge in [-0.1, -0.05) is 30.3 Å². The molecule has 1 heterocycles. The second-order valence-corrected chi connectivity index (χ2v) is 7.80. The fraction of sp³-hybridized carbons (Fsp3) is 0.579. The minimum Gasteiger partial charge on any atom is -0.444 e. The number of aliphatic imine (C=N–C) groups is 1. The number of ether oxygens (including phenoxy) is 1. The minimum absolute atomic E-state index is 0.215. The maximum atomic E-state index is 12.0. The van der Waals surface area contributed by atoms with E-state index in [1.165, 1.54) is 5.56 Å². The van der Waals surface area contributed by atoms with Crippen LogP contribution in [0.4, 0.5) is 4.79 Å². The molecule has 2 unspecified atom stereocenters. The third kappa shape index (κ3) is 4.65. The highest BCUT2D eigenvalue weighted by molar-refractivity contribution is 5.81. The van der Waals surface area contributed by atoms with Gasteiger partial charge in [0.15, 0.2) is 5.96 Å². The quantitative estimate of drug-likeness (QED) is 0.652. The molecule has 2 fully saturated rings. The first-order valence-electron chi connectivity index (χ1n) is 8.88. The van der Waals surface area contributed by atoms with Crippen molar-refractivity contribution in [1.29, 1.82) is 0 Å². The number of nitrogens with one attached hydrogen (secondary N) is 2. The van der Waals surface area contributed by atoms with E-state index in [1.807, 2.05) is 26.8 Å². The Hall–Kier alpha value is -2.24. The molecule has 2 aliphatic rings. The first kappa shape index (κ1) is 17.6. The van der Waals surface area contributed by atoms with Crippen molar-refractivity contribution in [2.45, 2.75) is 50.8 Å². The molecule has 1 aliphatic heterocycles. The van der Waals surface area contributed by atoms with Crippen molar-refractivity contribution in [2.24, 2.45) is 4.99 Å². The average Bonchev–Trinajstić information content (AvgIpc) is 3.27. The molecule has 25 heavy (non-hydrogen) atoms. The SMILES string of the molecule is CN=C(NC1CN(C(=O)OC(C)(C)C)C1)NC1CC1c1ccccc1. The minimum atomic E-state index is -0.453. The number of likely N-dealkylation sites (tertiary alicyclic amines) is 1. The van der Waals surface area contributed by atoms with Crippen molar-refractivity contribution < 1.29 is 9.53 Å². The molecule has 2 N–H and O–H groups in total. The van der Waals surface area contributed by atoms with Gasteiger partial charge in [0.2, 0.25) is 0 Å². The van der Waals surface area contributed by atoms with Crippen LogP contribution in [0.25, 0.3) is 0 Å². The Kier molecular flexibility index (Phi) is 4.88. The molecular weight excluding hydrogens is 316 g/mol. The van der Waals surface area contributed by atoms with Gasteiger partial charge >= 0.3 is 6.09 Å². The van der Waals surface area contributed by atoms with E-state index in [2.05, 4.69) is 39.9 Å². The summed E-state index contributed by atoms with van der Waals surface area (Å²) < 4.78 is 5.37. The summed E-state index contributed by atoms with van der Waals surface area (Å²) in [5.41, 5.74) is 0.918. The maximum Gasteiger partial charge on any atom is 0.410 e. The molecule has 6 heteroatoms. The van der Waals surface area contributed by atoms with Gasteiger partial charge in [0.1, 0.15) is 5.60 Å². The van der Waals surface area contributed by atoms with Gasteiger partial charge in [0.25, 0.3) is 0 Å². The van der Waals surface area contributed by atoms with E-state index >= 15 is 0 Å². The van der Waals surface area contributed by atoms with Gasteiger partial charge in [-0.05, 0) is 32.8 Å². The van der Waals surface area contributed by atoms with E-state index in [0.29, 0.717) is 25.0 Å². The van der Waals surface area contributed by atoms with Crippen LogP contribution in [0.3, 0.4) is 0 Å². The molecule has 1 aromatic rings. The molecule has 6 nitrogen and oxygen atoms in total. The Morgan fingerprint density at radius 3 is 2.48 bits per heavy atom. The van der Waals surface area contributed by atoms with Crippen molar-refractivity contribution in [3.63, 3.8) is 0 Å². The Morgan fingerprint density at radius 1 is 1.20 bits per heavy atom. The first-order valence-corrected chi connectivity index (χ1v) is 8.88. The zero-order chi connectivity index (χ0) is 18.0.